The summed E-state index contributed by atoms with van der Waals surface area (Å²) in [5.74, 6) is -0.940. The Morgan fingerprint density at radius 2 is 1.84 bits per heavy atom. The van der Waals surface area contributed by atoms with Gasteiger partial charge in [0.2, 0.25) is 11.8 Å². The molecule has 12 nitrogen and oxygen atoms in total. The van der Waals surface area contributed by atoms with Gasteiger partial charge in [-0.3, -0.25) is 9.59 Å². The molecule has 0 radical (unpaired) electrons. The summed E-state index contributed by atoms with van der Waals surface area (Å²) in [6.07, 6.45) is 0.707. The van der Waals surface area contributed by atoms with Crippen LogP contribution < -0.4 is 10.6 Å². The molecule has 4 rings (SSSR count). The SMILES string of the molecule is C=CCOC(=O)NCCC[C@H]1C(=O)N(CCOCc2ccccc2F)C[C@H]2N1C(=O)CN(C)N2C(=O)NCc1ccccc1. The lowest BCUT2D eigenvalue weighted by Crippen LogP contribution is -2.76. The van der Waals surface area contributed by atoms with E-state index in [0.29, 0.717) is 12.0 Å². The fraction of sp³-hybridized carbons (Fsp3) is 0.419. The van der Waals surface area contributed by atoms with E-state index in [1.54, 1.807) is 35.2 Å². The average molecular weight is 611 g/mol. The molecule has 2 N–H and O–H groups in total. The molecular formula is C31H39FN6O6. The van der Waals surface area contributed by atoms with Crippen LogP contribution in [-0.2, 0) is 32.2 Å². The molecule has 0 aromatic heterocycles. The van der Waals surface area contributed by atoms with Crippen molar-refractivity contribution in [1.82, 2.24) is 30.5 Å². The zero-order valence-corrected chi connectivity index (χ0v) is 24.8. The van der Waals surface area contributed by atoms with Crippen molar-refractivity contribution < 1.29 is 33.0 Å². The Balaban J connectivity index is 1.47. The zero-order chi connectivity index (χ0) is 31.5. The minimum atomic E-state index is -0.864. The molecule has 44 heavy (non-hydrogen) atoms. The van der Waals surface area contributed by atoms with Gasteiger partial charge in [-0.25, -0.2) is 24.0 Å². The Bertz CT molecular complexity index is 1310. The van der Waals surface area contributed by atoms with E-state index in [1.807, 2.05) is 30.3 Å². The molecule has 2 aliphatic rings. The van der Waals surface area contributed by atoms with E-state index in [2.05, 4.69) is 17.2 Å². The highest BCUT2D eigenvalue weighted by Gasteiger charge is 2.50. The van der Waals surface area contributed by atoms with Gasteiger partial charge < -0.3 is 29.9 Å². The quantitative estimate of drug-likeness (QED) is 0.264. The number of amides is 5. The van der Waals surface area contributed by atoms with Crippen molar-refractivity contribution >= 4 is 23.9 Å². The Hall–Kier alpha value is -4.49. The second kappa shape index (κ2) is 15.8. The van der Waals surface area contributed by atoms with Gasteiger partial charge in [-0.15, -0.1) is 0 Å². The van der Waals surface area contributed by atoms with Crippen LogP contribution in [0.1, 0.15) is 24.0 Å². The van der Waals surface area contributed by atoms with Crippen molar-refractivity contribution in [3.05, 3.63) is 84.2 Å². The predicted molar refractivity (Wildman–Crippen MR) is 159 cm³/mol. The van der Waals surface area contributed by atoms with Gasteiger partial charge in [-0.05, 0) is 24.5 Å². The first kappa shape index (κ1) is 32.4. The van der Waals surface area contributed by atoms with Crippen LogP contribution in [0.5, 0.6) is 0 Å². The summed E-state index contributed by atoms with van der Waals surface area (Å²) in [5, 5.41) is 8.57. The van der Waals surface area contributed by atoms with Crippen LogP contribution in [0.4, 0.5) is 14.0 Å². The van der Waals surface area contributed by atoms with E-state index in [0.717, 1.165) is 5.56 Å². The predicted octanol–water partition coefficient (Wildman–Crippen LogP) is 2.47. The van der Waals surface area contributed by atoms with Gasteiger partial charge >= 0.3 is 12.1 Å². The fourth-order valence-corrected chi connectivity index (χ4v) is 5.28. The first-order valence-electron chi connectivity index (χ1n) is 14.5. The summed E-state index contributed by atoms with van der Waals surface area (Å²) in [5.41, 5.74) is 1.32. The largest absolute Gasteiger partial charge is 0.445 e. The van der Waals surface area contributed by atoms with Crippen LogP contribution in [0, 0.1) is 5.82 Å². The number of piperazine rings is 1. The van der Waals surface area contributed by atoms with E-state index in [-0.39, 0.29) is 76.6 Å². The standard InChI is InChI=1S/C31H39FN6O6/c1-3-17-44-31(42)33-15-9-14-26-29(40)36(16-18-43-22-24-12-7-8-13-25(24)32)20-27-37(26)28(39)21-35(2)38(27)30(41)34-19-23-10-5-4-6-11-23/h3-8,10-13,26-27H,1,9,14-22H2,2H3,(H,33,42)(H,34,41)/t26-,27-/m0/s1. The molecule has 0 spiro atoms. The van der Waals surface area contributed by atoms with Crippen LogP contribution in [0.15, 0.2) is 67.3 Å². The summed E-state index contributed by atoms with van der Waals surface area (Å²) < 4.78 is 24.6. The van der Waals surface area contributed by atoms with Crippen molar-refractivity contribution in [3.63, 3.8) is 0 Å². The molecule has 0 bridgehead atoms. The van der Waals surface area contributed by atoms with Gasteiger partial charge in [0.05, 0.1) is 26.3 Å². The van der Waals surface area contributed by atoms with Crippen molar-refractivity contribution in [2.75, 3.05) is 46.4 Å². The number of urea groups is 1. The number of hydrogen-bond donors (Lipinski definition) is 2. The third-order valence-corrected chi connectivity index (χ3v) is 7.41. The van der Waals surface area contributed by atoms with E-state index in [1.165, 1.54) is 22.1 Å². The normalized spacial score (nSPS) is 18.5. The molecule has 2 heterocycles. The lowest BCUT2D eigenvalue weighted by molar-refractivity contribution is -0.188. The highest BCUT2D eigenvalue weighted by atomic mass is 19.1. The summed E-state index contributed by atoms with van der Waals surface area (Å²) in [4.78, 5) is 55.5. The number of fused-ring (bicyclic) bond motifs is 1. The van der Waals surface area contributed by atoms with Crippen LogP contribution in [0.2, 0.25) is 0 Å². The number of hydrazine groups is 1. The van der Waals surface area contributed by atoms with E-state index >= 15 is 0 Å². The minimum Gasteiger partial charge on any atom is -0.445 e. The first-order chi connectivity index (χ1) is 21.3. The molecule has 0 unspecified atom stereocenters. The lowest BCUT2D eigenvalue weighted by atomic mass is 10.0. The molecule has 0 saturated carbocycles. The topological polar surface area (TPSA) is 124 Å². The van der Waals surface area contributed by atoms with Gasteiger partial charge in [0.15, 0.2) is 0 Å². The van der Waals surface area contributed by atoms with Crippen molar-refractivity contribution in [2.24, 2.45) is 0 Å². The highest BCUT2D eigenvalue weighted by molar-refractivity contribution is 5.91. The maximum atomic E-state index is 14.0. The second-order valence-corrected chi connectivity index (χ2v) is 10.5. The number of carbonyl (C=O) groups excluding carboxylic acids is 4. The molecule has 2 aliphatic heterocycles. The number of hydrogen-bond acceptors (Lipinski definition) is 7. The molecular weight excluding hydrogens is 571 g/mol. The maximum absolute atomic E-state index is 14.0. The summed E-state index contributed by atoms with van der Waals surface area (Å²) in [7, 11) is 1.66. The number of carbonyl (C=O) groups is 4. The molecule has 5 amide bonds. The number of rotatable bonds is 13. The van der Waals surface area contributed by atoms with Gasteiger partial charge in [0.25, 0.3) is 0 Å². The van der Waals surface area contributed by atoms with E-state index in [9.17, 15) is 23.6 Å². The highest BCUT2D eigenvalue weighted by Crippen LogP contribution is 2.28. The Morgan fingerprint density at radius 1 is 1.09 bits per heavy atom. The zero-order valence-electron chi connectivity index (χ0n) is 24.8. The van der Waals surface area contributed by atoms with Crippen molar-refractivity contribution in [2.45, 2.75) is 38.2 Å². The number of ether oxygens (including phenoxy) is 2. The average Bonchev–Trinajstić information content (AvgIpc) is 3.01. The molecule has 13 heteroatoms. The fourth-order valence-electron chi connectivity index (χ4n) is 5.28. The minimum absolute atomic E-state index is 0.0382. The first-order valence-corrected chi connectivity index (χ1v) is 14.5. The molecule has 0 aliphatic carbocycles. The smallest absolute Gasteiger partial charge is 0.407 e. The van der Waals surface area contributed by atoms with Gasteiger partial charge in [0, 0.05) is 32.2 Å². The summed E-state index contributed by atoms with van der Waals surface area (Å²) >= 11 is 0. The van der Waals surface area contributed by atoms with Crippen molar-refractivity contribution in [1.29, 1.82) is 0 Å². The van der Waals surface area contributed by atoms with E-state index in [4.69, 9.17) is 9.47 Å². The molecule has 2 saturated heterocycles. The monoisotopic (exact) mass is 610 g/mol. The second-order valence-electron chi connectivity index (χ2n) is 10.5. The Kier molecular flexibility index (Phi) is 11.7. The van der Waals surface area contributed by atoms with E-state index < -0.39 is 24.3 Å². The molecule has 2 aromatic carbocycles. The third kappa shape index (κ3) is 8.32. The number of likely N-dealkylation sites (N-methyl/N-ethyl adjacent to an activating group) is 1. The lowest BCUT2D eigenvalue weighted by Gasteiger charge is -2.54. The number of nitrogens with one attached hydrogen (secondary N) is 2. The van der Waals surface area contributed by atoms with Crippen LogP contribution in [0.25, 0.3) is 0 Å². The molecule has 236 valence electrons. The molecule has 2 fully saturated rings. The van der Waals surface area contributed by atoms with Crippen molar-refractivity contribution in [3.8, 4) is 0 Å². The third-order valence-electron chi connectivity index (χ3n) is 7.41. The summed E-state index contributed by atoms with van der Waals surface area (Å²) in [6, 6.07) is 14.5. The maximum Gasteiger partial charge on any atom is 0.407 e. The van der Waals surface area contributed by atoms with Gasteiger partial charge in [0.1, 0.15) is 24.6 Å². The molecule has 2 atom stereocenters. The van der Waals surface area contributed by atoms with Gasteiger partial charge in [-0.2, -0.15) is 0 Å². The van der Waals surface area contributed by atoms with Crippen LogP contribution >= 0.6 is 0 Å². The number of alkyl carbamates (subject to hydrolysis) is 1. The van der Waals surface area contributed by atoms with Crippen LogP contribution in [0.3, 0.4) is 0 Å². The Morgan fingerprint density at radius 3 is 2.59 bits per heavy atom. The number of halogens is 1. The Labute approximate surface area is 256 Å². The molecule has 2 aromatic rings. The number of benzene rings is 2. The van der Waals surface area contributed by atoms with Gasteiger partial charge in [-0.1, -0.05) is 61.2 Å². The van der Waals surface area contributed by atoms with Crippen LogP contribution in [-0.4, -0.2) is 102 Å². The summed E-state index contributed by atoms with van der Waals surface area (Å²) in [6.45, 7) is 4.40. The number of nitrogens with zero attached hydrogens (tertiary/aromatic N) is 4.